The minimum Gasteiger partial charge on any atom is -0.444 e. The predicted octanol–water partition coefficient (Wildman–Crippen LogP) is 3.04. The molecule has 21 heavy (non-hydrogen) atoms. The van der Waals surface area contributed by atoms with Crippen LogP contribution in [-0.2, 0) is 20.0 Å². The molecule has 0 aliphatic carbocycles. The quantitative estimate of drug-likeness (QED) is 0.752. The van der Waals surface area contributed by atoms with Gasteiger partial charge in [0.25, 0.3) is 0 Å². The molecule has 0 aliphatic heterocycles. The lowest BCUT2D eigenvalue weighted by Gasteiger charge is -2.01. The zero-order chi connectivity index (χ0) is 15.1. The first kappa shape index (κ1) is 14.1. The fraction of sp³-hybridized carbons (Fsp3) is 0.500. The van der Waals surface area contributed by atoms with Gasteiger partial charge in [-0.15, -0.1) is 0 Å². The third-order valence-corrected chi connectivity index (χ3v) is 4.00. The Morgan fingerprint density at radius 3 is 2.71 bits per heavy atom. The number of aromatic amines is 1. The number of hydrogen-bond acceptors (Lipinski definition) is 4. The summed E-state index contributed by atoms with van der Waals surface area (Å²) in [5, 5.41) is 4.57. The van der Waals surface area contributed by atoms with E-state index in [9.17, 15) is 0 Å². The van der Waals surface area contributed by atoms with Gasteiger partial charge in [-0.25, -0.2) is 4.98 Å². The van der Waals surface area contributed by atoms with E-state index in [1.165, 1.54) is 0 Å². The smallest absolute Gasteiger partial charge is 0.214 e. The average molecular weight is 305 g/mol. The summed E-state index contributed by atoms with van der Waals surface area (Å²) in [6.45, 7) is 6.52. The van der Waals surface area contributed by atoms with E-state index in [-0.39, 0.29) is 0 Å². The molecule has 0 amide bonds. The molecule has 0 atom stereocenters. The van der Waals surface area contributed by atoms with Gasteiger partial charge < -0.3 is 9.40 Å². The fourth-order valence-corrected chi connectivity index (χ4v) is 2.83. The minimum atomic E-state index is 0.513. The summed E-state index contributed by atoms with van der Waals surface area (Å²) in [6, 6.07) is 0. The van der Waals surface area contributed by atoms with Crippen molar-refractivity contribution in [2.45, 2.75) is 40.2 Å². The van der Waals surface area contributed by atoms with Crippen molar-refractivity contribution in [2.24, 2.45) is 7.05 Å². The normalized spacial score (nSPS) is 11.6. The van der Waals surface area contributed by atoms with Crippen molar-refractivity contribution in [3.63, 3.8) is 0 Å². The Morgan fingerprint density at radius 1 is 1.33 bits per heavy atom. The lowest BCUT2D eigenvalue weighted by Crippen LogP contribution is -2.04. The van der Waals surface area contributed by atoms with Crippen LogP contribution >= 0.6 is 12.2 Å². The number of oxazole rings is 1. The van der Waals surface area contributed by atoms with Crippen LogP contribution in [-0.4, -0.2) is 24.3 Å². The van der Waals surface area contributed by atoms with Gasteiger partial charge in [0.15, 0.2) is 10.4 Å². The van der Waals surface area contributed by atoms with Crippen LogP contribution in [0.5, 0.6) is 0 Å². The molecule has 7 heteroatoms. The van der Waals surface area contributed by atoms with Crippen LogP contribution in [0.15, 0.2) is 4.42 Å². The second-order valence-corrected chi connectivity index (χ2v) is 5.67. The first-order chi connectivity index (χ1) is 10.0. The van der Waals surface area contributed by atoms with Crippen molar-refractivity contribution in [3.05, 3.63) is 27.8 Å². The number of aryl methyl sites for hydroxylation is 4. The van der Waals surface area contributed by atoms with E-state index < -0.39 is 0 Å². The van der Waals surface area contributed by atoms with E-state index in [0.29, 0.717) is 17.2 Å². The van der Waals surface area contributed by atoms with Crippen molar-refractivity contribution in [3.8, 4) is 0 Å². The average Bonchev–Trinajstić information content (AvgIpc) is 3.00. The zero-order valence-electron chi connectivity index (χ0n) is 12.7. The molecule has 3 aromatic rings. The summed E-state index contributed by atoms with van der Waals surface area (Å²) in [5.74, 6) is 1.51. The number of nitrogens with zero attached hydrogens (tertiary/aromatic N) is 4. The molecule has 3 rings (SSSR count). The van der Waals surface area contributed by atoms with Gasteiger partial charge in [0.1, 0.15) is 17.8 Å². The Bertz CT molecular complexity index is 831. The Kier molecular flexibility index (Phi) is 3.44. The van der Waals surface area contributed by atoms with Crippen molar-refractivity contribution < 1.29 is 4.42 Å². The van der Waals surface area contributed by atoms with Crippen LogP contribution in [0.1, 0.15) is 36.4 Å². The Labute approximate surface area is 127 Å². The monoisotopic (exact) mass is 305 g/mol. The van der Waals surface area contributed by atoms with E-state index in [2.05, 4.69) is 22.0 Å². The fourth-order valence-electron chi connectivity index (χ4n) is 2.58. The van der Waals surface area contributed by atoms with Crippen LogP contribution in [0, 0.1) is 18.6 Å². The maximum absolute atomic E-state index is 5.66. The molecule has 112 valence electrons. The lowest BCUT2D eigenvalue weighted by atomic mass is 10.2. The molecule has 0 unspecified atom stereocenters. The van der Waals surface area contributed by atoms with Gasteiger partial charge in [0.05, 0.1) is 11.4 Å². The summed E-state index contributed by atoms with van der Waals surface area (Å²) < 4.78 is 10.2. The van der Waals surface area contributed by atoms with E-state index in [0.717, 1.165) is 41.2 Å². The summed E-state index contributed by atoms with van der Waals surface area (Å²) in [4.78, 5) is 7.70. The zero-order valence-corrected chi connectivity index (χ0v) is 13.5. The van der Waals surface area contributed by atoms with Gasteiger partial charge in [0, 0.05) is 7.05 Å². The molecule has 3 heterocycles. The van der Waals surface area contributed by atoms with Crippen LogP contribution in [0.4, 0.5) is 0 Å². The molecule has 0 saturated carbocycles. The van der Waals surface area contributed by atoms with E-state index in [4.69, 9.17) is 16.6 Å². The number of hydrogen-bond donors (Lipinski definition) is 1. The highest BCUT2D eigenvalue weighted by molar-refractivity contribution is 7.71. The predicted molar refractivity (Wildman–Crippen MR) is 83.0 cm³/mol. The molecule has 0 aliphatic rings. The van der Waals surface area contributed by atoms with Gasteiger partial charge >= 0.3 is 0 Å². The van der Waals surface area contributed by atoms with E-state index >= 15 is 0 Å². The first-order valence-corrected chi connectivity index (χ1v) is 7.49. The standard InChI is InChI=1S/C14H19N5OS/c1-5-6-10-12-13(18(4)17-10)19(14(21)16-12)7-11-15-8(2)9(3)20-11/h5-7H2,1-4H3,(H,16,21). The second kappa shape index (κ2) is 5.14. The van der Waals surface area contributed by atoms with Crippen molar-refractivity contribution >= 4 is 23.4 Å². The molecule has 6 nitrogen and oxygen atoms in total. The molecule has 3 aromatic heterocycles. The summed E-state index contributed by atoms with van der Waals surface area (Å²) in [6.07, 6.45) is 1.99. The van der Waals surface area contributed by atoms with Crippen molar-refractivity contribution in [1.29, 1.82) is 0 Å². The number of imidazole rings is 1. The number of nitrogens with one attached hydrogen (secondary N) is 1. The molecule has 0 radical (unpaired) electrons. The van der Waals surface area contributed by atoms with Gasteiger partial charge in [-0.05, 0) is 32.5 Å². The third-order valence-electron chi connectivity index (χ3n) is 3.68. The maximum Gasteiger partial charge on any atom is 0.214 e. The largest absolute Gasteiger partial charge is 0.444 e. The van der Waals surface area contributed by atoms with Gasteiger partial charge in [0.2, 0.25) is 5.89 Å². The molecule has 0 spiro atoms. The van der Waals surface area contributed by atoms with Crippen molar-refractivity contribution in [1.82, 2.24) is 24.3 Å². The minimum absolute atomic E-state index is 0.513. The lowest BCUT2D eigenvalue weighted by molar-refractivity contribution is 0.456. The Hall–Kier alpha value is -1.89. The topological polar surface area (TPSA) is 64.6 Å². The summed E-state index contributed by atoms with van der Waals surface area (Å²) in [5.41, 5.74) is 3.97. The first-order valence-electron chi connectivity index (χ1n) is 7.08. The highest BCUT2D eigenvalue weighted by Gasteiger charge is 2.16. The van der Waals surface area contributed by atoms with Crippen LogP contribution in [0.2, 0.25) is 0 Å². The third kappa shape index (κ3) is 2.31. The number of aromatic nitrogens is 5. The van der Waals surface area contributed by atoms with Crippen LogP contribution < -0.4 is 0 Å². The van der Waals surface area contributed by atoms with Crippen molar-refractivity contribution in [2.75, 3.05) is 0 Å². The molecular weight excluding hydrogens is 286 g/mol. The Morgan fingerprint density at radius 2 is 2.10 bits per heavy atom. The SMILES string of the molecule is CCCc1nn(C)c2c1[nH]c(=S)n2Cc1nc(C)c(C)o1. The van der Waals surface area contributed by atoms with Crippen LogP contribution in [0.3, 0.4) is 0 Å². The molecule has 0 fully saturated rings. The number of rotatable bonds is 4. The molecule has 0 aromatic carbocycles. The molecular formula is C14H19N5OS. The molecule has 0 bridgehead atoms. The summed E-state index contributed by atoms with van der Waals surface area (Å²) >= 11 is 5.45. The molecule has 0 saturated heterocycles. The number of H-pyrrole nitrogens is 1. The second-order valence-electron chi connectivity index (χ2n) is 5.28. The highest BCUT2D eigenvalue weighted by atomic mass is 32.1. The Balaban J connectivity index is 2.10. The van der Waals surface area contributed by atoms with E-state index in [1.54, 1.807) is 0 Å². The van der Waals surface area contributed by atoms with E-state index in [1.807, 2.05) is 30.1 Å². The van der Waals surface area contributed by atoms with Crippen LogP contribution in [0.25, 0.3) is 11.2 Å². The summed E-state index contributed by atoms with van der Waals surface area (Å²) in [7, 11) is 1.94. The molecule has 1 N–H and O–H groups in total. The highest BCUT2D eigenvalue weighted by Crippen LogP contribution is 2.20. The maximum atomic E-state index is 5.66. The number of fused-ring (bicyclic) bond motifs is 1. The van der Waals surface area contributed by atoms with Gasteiger partial charge in [-0.2, -0.15) is 5.10 Å². The van der Waals surface area contributed by atoms with Gasteiger partial charge in [-0.1, -0.05) is 13.3 Å². The van der Waals surface area contributed by atoms with Gasteiger partial charge in [-0.3, -0.25) is 9.25 Å².